The molecule has 0 aliphatic carbocycles. The van der Waals surface area contributed by atoms with E-state index in [2.05, 4.69) is 57.5 Å². The van der Waals surface area contributed by atoms with E-state index in [1.54, 1.807) is 93.5 Å². The third-order valence-electron chi connectivity index (χ3n) is 15.3. The number of carboxylic acids is 1. The smallest absolute Gasteiger partial charge is 0.407 e. The van der Waals surface area contributed by atoms with Crippen LogP contribution in [0.25, 0.3) is 0 Å². The number of nitriles is 1. The second-order valence-electron chi connectivity index (χ2n) is 27.3. The van der Waals surface area contributed by atoms with E-state index in [-0.39, 0.29) is 101 Å². The molecule has 4 rings (SSSR count). The quantitative estimate of drug-likeness (QED) is 0.0124. The molecule has 1 aliphatic heterocycles. The molecule has 8 amide bonds. The predicted molar refractivity (Wildman–Crippen MR) is 415 cm³/mol. The van der Waals surface area contributed by atoms with Gasteiger partial charge in [0, 0.05) is 19.9 Å². The summed E-state index contributed by atoms with van der Waals surface area (Å²) in [5, 5.41) is 36.2. The van der Waals surface area contributed by atoms with E-state index < -0.39 is 143 Å². The number of nitrogens with one attached hydrogen (secondary N) is 8. The maximum Gasteiger partial charge on any atom is 0.407 e. The molecule has 0 unspecified atom stereocenters. The Hall–Kier alpha value is -11.8. The summed E-state index contributed by atoms with van der Waals surface area (Å²) in [6, 6.07) is 5.12. The number of fused-ring (bicyclic) bond motifs is 2. The number of carbonyl (C=O) groups is 13. The van der Waals surface area contributed by atoms with Gasteiger partial charge in [0.05, 0.1) is 49.1 Å². The third kappa shape index (κ3) is 38.0. The van der Waals surface area contributed by atoms with Gasteiger partial charge in [-0.25, -0.2) is 47.3 Å². The Balaban J connectivity index is 0.000000845. The minimum absolute atomic E-state index is 0.000832. The van der Waals surface area contributed by atoms with Crippen molar-refractivity contribution in [3.05, 3.63) is 160 Å². The predicted octanol–water partition coefficient (Wildman–Crippen LogP) is 9.28. The number of pyridine rings is 3. The summed E-state index contributed by atoms with van der Waals surface area (Å²) in [6.45, 7) is 27.8. The number of nitrogens with two attached hydrogens (primary N) is 1. The number of allylic oxidation sites excluding steroid dienone is 6. The molecular formula is C80H110F3N13O18. The molecule has 3 aromatic heterocycles. The lowest BCUT2D eigenvalue weighted by Crippen LogP contribution is -2.48. The topological polar surface area (TPSA) is 464 Å². The van der Waals surface area contributed by atoms with Gasteiger partial charge in [-0.15, -0.1) is 0 Å². The van der Waals surface area contributed by atoms with Gasteiger partial charge in [-0.2, -0.15) is 5.26 Å². The van der Waals surface area contributed by atoms with E-state index in [1.807, 2.05) is 32.9 Å². The molecule has 1 aliphatic rings. The van der Waals surface area contributed by atoms with Gasteiger partial charge in [-0.1, -0.05) is 118 Å². The lowest BCUT2D eigenvalue weighted by Gasteiger charge is -2.24. The molecule has 0 fully saturated rings. The number of unbranched alkanes of at least 4 members (excludes halogenated alkanes) is 3. The Bertz CT molecular complexity index is 4050. The van der Waals surface area contributed by atoms with E-state index in [9.17, 15) is 75.5 Å². The van der Waals surface area contributed by atoms with Crippen LogP contribution in [0.4, 0.5) is 18.0 Å². The van der Waals surface area contributed by atoms with Gasteiger partial charge in [0.15, 0.2) is 0 Å². The zero-order valence-corrected chi connectivity index (χ0v) is 67.7. The van der Waals surface area contributed by atoms with Crippen molar-refractivity contribution in [1.29, 1.82) is 5.26 Å². The second-order valence-corrected chi connectivity index (χ2v) is 27.3. The van der Waals surface area contributed by atoms with E-state index in [0.717, 1.165) is 62.4 Å². The summed E-state index contributed by atoms with van der Waals surface area (Å²) in [7, 11) is 0. The number of aromatic nitrogens is 3. The molecule has 114 heavy (non-hydrogen) atoms. The van der Waals surface area contributed by atoms with Crippen LogP contribution in [0.1, 0.15) is 224 Å². The molecule has 2 bridgehead atoms. The number of halogens is 3. The van der Waals surface area contributed by atoms with Gasteiger partial charge >= 0.3 is 30.0 Å². The number of cyclic esters (lactones) is 1. The van der Waals surface area contributed by atoms with Crippen LogP contribution in [-0.2, 0) is 81.7 Å². The maximum absolute atomic E-state index is 14.3. The minimum atomic E-state index is -1.14. The first-order chi connectivity index (χ1) is 53.7. The average Bonchev–Trinajstić information content (AvgIpc) is 0.849. The molecule has 624 valence electrons. The number of hydrogen-bond acceptors (Lipinski definition) is 22. The van der Waals surface area contributed by atoms with Gasteiger partial charge in [0.2, 0.25) is 5.91 Å². The molecule has 11 N–H and O–H groups in total. The summed E-state index contributed by atoms with van der Waals surface area (Å²) in [5.74, 6) is -11.8. The number of hydrogen-bond donors (Lipinski definition) is 10. The number of ether oxygens (including phenoxy) is 4. The van der Waals surface area contributed by atoms with Crippen LogP contribution < -0.4 is 48.3 Å². The van der Waals surface area contributed by atoms with Crippen LogP contribution in [0, 0.1) is 46.5 Å². The fourth-order valence-electron chi connectivity index (χ4n) is 9.43. The van der Waals surface area contributed by atoms with Crippen LogP contribution in [0.3, 0.4) is 0 Å². The number of Topliss-reactive ketones (excluding diaryl/α,β-unsaturated/α-hetero) is 1. The molecule has 0 spiro atoms. The van der Waals surface area contributed by atoms with Crippen molar-refractivity contribution in [2.24, 2.45) is 23.5 Å². The van der Waals surface area contributed by atoms with Crippen molar-refractivity contribution < 1.29 is 99.6 Å². The Kier molecular flexibility index (Phi) is 46.1. The first-order valence-electron chi connectivity index (χ1n) is 37.1. The number of alkyl carbamates (subject to hydrolysis) is 1. The molecule has 6 atom stereocenters. The van der Waals surface area contributed by atoms with Gasteiger partial charge in [-0.05, 0) is 140 Å². The normalized spacial score (nSPS) is 15.6. The molecule has 3 aromatic rings. The molecular weight excluding hydrogens is 1490 g/mol. The molecule has 0 saturated carbocycles. The van der Waals surface area contributed by atoms with Crippen molar-refractivity contribution in [2.45, 2.75) is 237 Å². The van der Waals surface area contributed by atoms with Crippen LogP contribution in [0.15, 0.2) is 108 Å². The lowest BCUT2D eigenvalue weighted by atomic mass is 10.0. The Morgan fingerprint density at radius 2 is 1.18 bits per heavy atom. The third-order valence-corrected chi connectivity index (χ3v) is 15.3. The first kappa shape index (κ1) is 100. The molecule has 0 aromatic carbocycles. The van der Waals surface area contributed by atoms with Crippen molar-refractivity contribution in [1.82, 2.24) is 57.5 Å². The molecule has 34 heteroatoms. The number of esters is 3. The van der Waals surface area contributed by atoms with Crippen LogP contribution >= 0.6 is 0 Å². The fraction of sp³-hybridized carbons (Fsp3) is 0.487. The van der Waals surface area contributed by atoms with Gasteiger partial charge < -0.3 is 72.3 Å². The second kappa shape index (κ2) is 52.5. The van der Waals surface area contributed by atoms with Crippen LogP contribution in [0.2, 0.25) is 0 Å². The molecule has 0 radical (unpaired) electrons. The van der Waals surface area contributed by atoms with Gasteiger partial charge in [0.1, 0.15) is 99.4 Å². The lowest BCUT2D eigenvalue weighted by molar-refractivity contribution is -0.155. The number of nitrogens with zero attached hydrogens (tertiary/aromatic N) is 4. The fourth-order valence-corrected chi connectivity index (χ4v) is 9.43. The summed E-state index contributed by atoms with van der Waals surface area (Å²) in [6.07, 6.45) is 14.9. The van der Waals surface area contributed by atoms with Crippen molar-refractivity contribution in [3.63, 3.8) is 0 Å². The highest BCUT2D eigenvalue weighted by molar-refractivity contribution is 6.05. The number of aliphatic carboxylic acids is 1. The largest absolute Gasteiger partial charge is 0.481 e. The monoisotopic (exact) mass is 1600 g/mol. The first-order valence-corrected chi connectivity index (χ1v) is 37.1. The van der Waals surface area contributed by atoms with E-state index in [1.165, 1.54) is 58.1 Å². The highest BCUT2D eigenvalue weighted by Gasteiger charge is 2.34. The summed E-state index contributed by atoms with van der Waals surface area (Å²) >= 11 is 0. The maximum atomic E-state index is 14.3. The Morgan fingerprint density at radius 3 is 1.61 bits per heavy atom. The van der Waals surface area contributed by atoms with E-state index in [0.29, 0.717) is 6.42 Å². The Labute approximate surface area is 663 Å². The molecule has 4 heterocycles. The highest BCUT2D eigenvalue weighted by atomic mass is 19.1. The molecule has 31 nitrogen and oxygen atoms in total. The minimum Gasteiger partial charge on any atom is -0.481 e. The Morgan fingerprint density at radius 1 is 0.702 bits per heavy atom. The number of rotatable bonds is 31. The summed E-state index contributed by atoms with van der Waals surface area (Å²) < 4.78 is 63.6. The standard InChI is InChI=1S/C30H43FN4O7.C24H33FN4O6.C24H31FN4O5.C2H3N/c1-9-11-12-13-20(16-19(5)36)41-28(39)25(18(3)4)35-26(37)22(10-2)34-27(38)23-15-14-21(31)24(33-23)17-32-29(40)42-30(6,7)8;1-5-7-8-9-15(12-20(30)31)35-24(34)21(14(3)4)29-22(32)17(6-2)28-23(33)18-11-10-16(25)19(13-26)27-18;1-5-7-8-9-15-12-20(30)26-13-19-16(25)10-11-18(27-19)23(32)28-17(6-2)22(31)29-21(14(3)4)24(33)34-15;1-2-3/h10,12-15,18,20,25H,9,11,16-17H2,1-8H3,(H,32,40)(H,34,38)(H,35,37);6,8-11,14-15,21H,5,7,12-13,26H2,1-4H3,(H,28,33)(H,29,32)(H,30,31);6,8-11,14-15,21H,5,7,12-13H2,1-4H3,(H,26,30)(H,28,32)(H,29,31);1H3/b13-12+,22-10-;2*9-8+,17-6-;/t20-,25+;2*15-,21+;/m111./s1. The van der Waals surface area contributed by atoms with Crippen molar-refractivity contribution in [2.75, 3.05) is 0 Å². The number of carbonyl (C=O) groups excluding carboxylic acids is 12. The van der Waals surface area contributed by atoms with E-state index >= 15 is 0 Å². The summed E-state index contributed by atoms with van der Waals surface area (Å²) in [4.78, 5) is 174. The van der Waals surface area contributed by atoms with Gasteiger partial charge in [-0.3, -0.25) is 43.2 Å². The number of amides is 8. The molecule has 0 saturated heterocycles. The number of carboxylic acid groups (broad SMARTS) is 1. The zero-order chi connectivity index (χ0) is 86.5. The zero-order valence-electron chi connectivity index (χ0n) is 67.7. The highest BCUT2D eigenvalue weighted by Crippen LogP contribution is 2.18. The number of ketones is 1. The van der Waals surface area contributed by atoms with Crippen molar-refractivity contribution >= 4 is 77.1 Å². The van der Waals surface area contributed by atoms with Crippen molar-refractivity contribution in [3.8, 4) is 6.07 Å². The van der Waals surface area contributed by atoms with E-state index in [4.69, 9.17) is 35.0 Å². The van der Waals surface area contributed by atoms with Crippen LogP contribution in [-0.4, -0.2) is 139 Å². The average molecular weight is 1600 g/mol. The van der Waals surface area contributed by atoms with Crippen LogP contribution in [0.5, 0.6) is 0 Å². The van der Waals surface area contributed by atoms with Gasteiger partial charge in [0.25, 0.3) is 35.4 Å². The SMILES string of the molecule is C/C=C(\NC(=O)c1ccc(F)c(CN)n1)C(=O)N[C@H](C(=O)O[C@H](/C=C/CCC)CC(=O)O)C(C)C.C/C=C(\NC(=O)c1ccc(F)c(CNC(=O)OC(C)(C)C)n1)C(=O)N[C@H](C(=O)O[C@H](/C=C/CCC)CC(C)=O)C(C)C.C/C=C1\NC(=O)c2ccc(F)c(n2)CNC(=O)C[C@@H](/C=C/CCC)OC(=O)[C@H](C(C)C)NC1=O.CC#N. The summed E-state index contributed by atoms with van der Waals surface area (Å²) in [5.41, 5.74) is 3.26.